The number of aryl methyl sites for hydroxylation is 1. The third-order valence-electron chi connectivity index (χ3n) is 1.06. The van der Waals surface area contributed by atoms with Gasteiger partial charge in [-0.15, -0.1) is 0 Å². The Bertz CT molecular complexity index is 201. The van der Waals surface area contributed by atoms with E-state index < -0.39 is 0 Å². The Labute approximate surface area is 63.2 Å². The van der Waals surface area contributed by atoms with E-state index >= 15 is 0 Å². The number of aromatic nitrogens is 2. The molecule has 0 aliphatic rings. The number of rotatable bonds is 3. The van der Waals surface area contributed by atoms with Gasteiger partial charge in [0.2, 0.25) is 0 Å². The smallest absolute Gasteiger partial charge is 0.0719 e. The molecule has 0 spiro atoms. The van der Waals surface area contributed by atoms with E-state index in [1.807, 2.05) is 0 Å². The Balaban J connectivity index is 2.42. The van der Waals surface area contributed by atoms with Crippen molar-refractivity contribution in [2.24, 2.45) is 0 Å². The normalized spacial score (nSPS) is 10.1. The number of nitrogens with zero attached hydrogens (tertiary/aromatic N) is 2. The maximum Gasteiger partial charge on any atom is 0.0719 e. The van der Waals surface area contributed by atoms with Crippen LogP contribution in [-0.2, 0) is 6.54 Å². The molecule has 0 fully saturated rings. The largest absolute Gasteiger partial charge is 0.396 e. The minimum atomic E-state index is 0.640. The number of hydrogen-bond acceptors (Lipinski definition) is 4. The number of hydrogen-bond donors (Lipinski definition) is 2. The monoisotopic (exact) mass is 159 g/mol. The Morgan fingerprint density at radius 1 is 1.80 bits per heavy atom. The Hall–Kier alpha value is -0.680. The first-order valence-electron chi connectivity index (χ1n) is 2.87. The van der Waals surface area contributed by atoms with Crippen molar-refractivity contribution in [1.29, 1.82) is 0 Å². The summed E-state index contributed by atoms with van der Waals surface area (Å²) in [4.78, 5) is 0. The van der Waals surface area contributed by atoms with Gasteiger partial charge in [0.1, 0.15) is 0 Å². The van der Waals surface area contributed by atoms with Crippen molar-refractivity contribution >= 4 is 17.7 Å². The van der Waals surface area contributed by atoms with E-state index in [1.54, 1.807) is 17.1 Å². The van der Waals surface area contributed by atoms with Crippen LogP contribution in [0.2, 0.25) is 0 Å². The van der Waals surface area contributed by atoms with E-state index in [2.05, 4.69) is 5.10 Å². The van der Waals surface area contributed by atoms with Crippen LogP contribution in [0.15, 0.2) is 12.4 Å². The van der Waals surface area contributed by atoms with Crippen LogP contribution in [0.3, 0.4) is 0 Å². The van der Waals surface area contributed by atoms with Gasteiger partial charge in [0.05, 0.1) is 18.4 Å². The molecule has 0 unspecified atom stereocenters. The summed E-state index contributed by atoms with van der Waals surface area (Å²) in [6.07, 6.45) is 3.32. The highest BCUT2D eigenvalue weighted by Gasteiger charge is 1.92. The molecule has 3 N–H and O–H groups in total. The van der Waals surface area contributed by atoms with Crippen LogP contribution in [-0.4, -0.2) is 20.1 Å². The molecule has 0 saturated heterocycles. The van der Waals surface area contributed by atoms with Gasteiger partial charge in [-0.1, -0.05) is 0 Å². The van der Waals surface area contributed by atoms with Crippen molar-refractivity contribution in [2.45, 2.75) is 6.54 Å². The summed E-state index contributed by atoms with van der Waals surface area (Å²) in [6, 6.07) is 0. The molecule has 0 amide bonds. The molecular formula is C5H9N3OS. The fraction of sp³-hybridized carbons (Fsp3) is 0.400. The number of nitrogen functional groups attached to an aromatic ring is 1. The lowest BCUT2D eigenvalue weighted by Gasteiger charge is -1.95. The van der Waals surface area contributed by atoms with Crippen molar-refractivity contribution in [3.63, 3.8) is 0 Å². The average molecular weight is 159 g/mol. The molecule has 4 nitrogen and oxygen atoms in total. The fourth-order valence-electron chi connectivity index (χ4n) is 0.636. The first kappa shape index (κ1) is 7.43. The lowest BCUT2D eigenvalue weighted by Crippen LogP contribution is -1.99. The molecule has 0 aliphatic carbocycles. The zero-order valence-corrected chi connectivity index (χ0v) is 6.21. The van der Waals surface area contributed by atoms with E-state index in [-0.39, 0.29) is 0 Å². The molecule has 0 atom stereocenters. The molecule has 0 radical (unpaired) electrons. The summed E-state index contributed by atoms with van der Waals surface area (Å²) >= 11 is 0.804. The van der Waals surface area contributed by atoms with Crippen molar-refractivity contribution in [3.8, 4) is 0 Å². The van der Waals surface area contributed by atoms with Crippen LogP contribution in [0, 0.1) is 0 Å². The number of anilines is 1. The van der Waals surface area contributed by atoms with E-state index in [0.717, 1.165) is 12.0 Å². The summed E-state index contributed by atoms with van der Waals surface area (Å²) in [6.45, 7) is 0.693. The summed E-state index contributed by atoms with van der Waals surface area (Å²) in [7, 11) is 0. The summed E-state index contributed by atoms with van der Waals surface area (Å²) < 4.78 is 10.1. The molecule has 0 aromatic carbocycles. The summed E-state index contributed by atoms with van der Waals surface area (Å²) in [5.41, 5.74) is 6.05. The van der Waals surface area contributed by atoms with Gasteiger partial charge in [-0.2, -0.15) is 5.10 Å². The predicted octanol–water partition coefficient (Wildman–Crippen LogP) is 0.671. The van der Waals surface area contributed by atoms with Gasteiger partial charge in [0.25, 0.3) is 0 Å². The fourth-order valence-corrected chi connectivity index (χ4v) is 0.905. The molecule has 0 aliphatic heterocycles. The molecule has 1 heterocycles. The predicted molar refractivity (Wildman–Crippen MR) is 41.7 cm³/mol. The lowest BCUT2D eigenvalue weighted by atomic mass is 10.6. The van der Waals surface area contributed by atoms with Gasteiger partial charge < -0.3 is 10.3 Å². The highest BCUT2D eigenvalue weighted by Crippen LogP contribution is 1.99. The first-order chi connectivity index (χ1) is 4.83. The minimum Gasteiger partial charge on any atom is -0.396 e. The molecule has 1 aromatic rings. The zero-order valence-electron chi connectivity index (χ0n) is 5.40. The quantitative estimate of drug-likeness (QED) is 0.636. The third kappa shape index (κ3) is 1.93. The van der Waals surface area contributed by atoms with Gasteiger partial charge in [0.15, 0.2) is 0 Å². The Kier molecular flexibility index (Phi) is 2.58. The van der Waals surface area contributed by atoms with Crippen LogP contribution in [0.25, 0.3) is 0 Å². The van der Waals surface area contributed by atoms with E-state index in [4.69, 9.17) is 10.3 Å². The molecule has 56 valence electrons. The van der Waals surface area contributed by atoms with Gasteiger partial charge in [-0.05, 0) is 12.0 Å². The van der Waals surface area contributed by atoms with E-state index in [9.17, 15) is 0 Å². The lowest BCUT2D eigenvalue weighted by molar-refractivity contribution is 0.631. The second-order valence-corrected chi connectivity index (χ2v) is 2.54. The van der Waals surface area contributed by atoms with E-state index in [0.29, 0.717) is 18.0 Å². The Morgan fingerprint density at radius 2 is 2.60 bits per heavy atom. The molecule has 0 saturated carbocycles. The molecule has 5 heteroatoms. The van der Waals surface area contributed by atoms with Crippen LogP contribution >= 0.6 is 12.0 Å². The van der Waals surface area contributed by atoms with Crippen LogP contribution in [0.1, 0.15) is 0 Å². The van der Waals surface area contributed by atoms with Gasteiger partial charge in [0, 0.05) is 11.9 Å². The van der Waals surface area contributed by atoms with Crippen molar-refractivity contribution in [3.05, 3.63) is 12.4 Å². The number of nitrogens with two attached hydrogens (primary N) is 1. The average Bonchev–Trinajstić information content (AvgIpc) is 2.31. The van der Waals surface area contributed by atoms with Crippen LogP contribution in [0.5, 0.6) is 0 Å². The van der Waals surface area contributed by atoms with E-state index in [1.165, 1.54) is 0 Å². The second kappa shape index (κ2) is 3.48. The topological polar surface area (TPSA) is 64.1 Å². The summed E-state index contributed by atoms with van der Waals surface area (Å²) in [5.74, 6) is 0.640. The molecule has 1 rings (SSSR count). The van der Waals surface area contributed by atoms with Crippen LogP contribution < -0.4 is 5.73 Å². The molecular weight excluding hydrogens is 150 g/mol. The van der Waals surface area contributed by atoms with Gasteiger partial charge >= 0.3 is 0 Å². The van der Waals surface area contributed by atoms with Crippen molar-refractivity contribution < 1.29 is 4.55 Å². The molecule has 10 heavy (non-hydrogen) atoms. The SMILES string of the molecule is Nc1cnn(CCSO)c1. The molecule has 1 aromatic heterocycles. The van der Waals surface area contributed by atoms with Crippen LogP contribution in [0.4, 0.5) is 5.69 Å². The van der Waals surface area contributed by atoms with Gasteiger partial charge in [-0.25, -0.2) is 0 Å². The van der Waals surface area contributed by atoms with Crippen molar-refractivity contribution in [2.75, 3.05) is 11.5 Å². The third-order valence-corrected chi connectivity index (χ3v) is 1.43. The Morgan fingerprint density at radius 3 is 3.10 bits per heavy atom. The standard InChI is InChI=1S/C5H9N3OS/c6-5-3-7-8(4-5)1-2-10-9/h3-4,9H,1-2,6H2. The maximum absolute atomic E-state index is 8.38. The molecule has 0 bridgehead atoms. The van der Waals surface area contributed by atoms with Crippen molar-refractivity contribution in [1.82, 2.24) is 9.78 Å². The zero-order chi connectivity index (χ0) is 7.40. The maximum atomic E-state index is 8.38. The minimum absolute atomic E-state index is 0.640. The first-order valence-corrected chi connectivity index (χ1v) is 3.81. The second-order valence-electron chi connectivity index (χ2n) is 1.87. The van der Waals surface area contributed by atoms with Gasteiger partial charge in [-0.3, -0.25) is 4.68 Å². The highest BCUT2D eigenvalue weighted by molar-refractivity contribution is 7.93. The summed E-state index contributed by atoms with van der Waals surface area (Å²) in [5, 5.41) is 3.92. The highest BCUT2D eigenvalue weighted by atomic mass is 32.2.